The fraction of sp³-hybridized carbons (Fsp3) is 0.565. The largest absolute Gasteiger partial charge is 0.481 e. The first kappa shape index (κ1) is 35.1. The number of carboxylic acid groups (broad SMARTS) is 2. The Kier molecular flexibility index (Phi) is 15.4. The zero-order valence-electron chi connectivity index (χ0n) is 23.0. The lowest BCUT2D eigenvalue weighted by Crippen LogP contribution is -2.57. The van der Waals surface area contributed by atoms with E-state index in [2.05, 4.69) is 35.9 Å². The molecule has 19 nitrogen and oxygen atoms in total. The Hall–Kier alpha value is -4.94. The number of aromatic amines is 1. The topological polar surface area (TPSA) is 345 Å². The van der Waals surface area contributed by atoms with Crippen LogP contribution in [-0.2, 0) is 30.4 Å². The zero-order chi connectivity index (χ0) is 31.7. The van der Waals surface area contributed by atoms with Crippen LogP contribution in [0.1, 0.15) is 44.2 Å². The van der Waals surface area contributed by atoms with Crippen molar-refractivity contribution >= 4 is 41.6 Å². The Labute approximate surface area is 241 Å². The number of aliphatic carboxylic acids is 2. The van der Waals surface area contributed by atoms with Crippen molar-refractivity contribution in [2.24, 2.45) is 38.7 Å². The van der Waals surface area contributed by atoms with Gasteiger partial charge in [0, 0.05) is 37.8 Å². The molecule has 0 bridgehead atoms. The van der Waals surface area contributed by atoms with Crippen LogP contribution >= 0.6 is 0 Å². The molecule has 1 aromatic rings. The van der Waals surface area contributed by atoms with E-state index in [-0.39, 0.29) is 63.5 Å². The number of carbonyl (C=O) groups excluding carboxylic acids is 3. The summed E-state index contributed by atoms with van der Waals surface area (Å²) in [4.78, 5) is 76.0. The third-order valence-corrected chi connectivity index (χ3v) is 5.75. The normalized spacial score (nSPS) is 13.5. The lowest BCUT2D eigenvalue weighted by molar-refractivity contribution is -0.143. The van der Waals surface area contributed by atoms with Gasteiger partial charge in [0.15, 0.2) is 11.9 Å². The van der Waals surface area contributed by atoms with Crippen molar-refractivity contribution in [1.29, 1.82) is 0 Å². The van der Waals surface area contributed by atoms with Gasteiger partial charge >= 0.3 is 11.9 Å². The van der Waals surface area contributed by atoms with E-state index in [1.807, 2.05) is 0 Å². The summed E-state index contributed by atoms with van der Waals surface area (Å²) in [5.41, 5.74) is 27.9. The summed E-state index contributed by atoms with van der Waals surface area (Å²) in [6, 6.07) is -5.02. The molecular formula is C23H40N12O7. The Morgan fingerprint density at radius 2 is 1.31 bits per heavy atom. The SMILES string of the molecule is NC(N)=NCCCC(NC(=O)C(N)Cc1cnc[nH]1)C(=O)NC(CCCN=C(N)N)C(=O)NC(CCC(=O)O)C(=O)O. The van der Waals surface area contributed by atoms with Crippen LogP contribution in [0.4, 0.5) is 0 Å². The molecular weight excluding hydrogens is 556 g/mol. The molecule has 19 heteroatoms. The molecule has 234 valence electrons. The number of carboxylic acids is 2. The molecule has 16 N–H and O–H groups in total. The average molecular weight is 597 g/mol. The molecule has 0 saturated heterocycles. The summed E-state index contributed by atoms with van der Waals surface area (Å²) in [6.45, 7) is 0.249. The van der Waals surface area contributed by atoms with Gasteiger partial charge in [-0.25, -0.2) is 9.78 Å². The summed E-state index contributed by atoms with van der Waals surface area (Å²) in [5.74, 6) is -5.34. The molecule has 0 aromatic carbocycles. The number of nitrogens with two attached hydrogens (primary N) is 5. The summed E-state index contributed by atoms with van der Waals surface area (Å²) in [5, 5.41) is 25.7. The number of imidazole rings is 1. The molecule has 4 atom stereocenters. The van der Waals surface area contributed by atoms with E-state index in [9.17, 15) is 29.1 Å². The number of amides is 3. The van der Waals surface area contributed by atoms with E-state index < -0.39 is 60.2 Å². The minimum absolute atomic E-state index is 0.0202. The van der Waals surface area contributed by atoms with E-state index in [1.165, 1.54) is 12.5 Å². The first-order valence-corrected chi connectivity index (χ1v) is 13.0. The van der Waals surface area contributed by atoms with E-state index in [1.54, 1.807) is 0 Å². The van der Waals surface area contributed by atoms with Crippen LogP contribution < -0.4 is 44.6 Å². The minimum atomic E-state index is -1.53. The first-order chi connectivity index (χ1) is 19.8. The Morgan fingerprint density at radius 1 is 0.810 bits per heavy atom. The highest BCUT2D eigenvalue weighted by molar-refractivity contribution is 5.94. The standard InChI is InChI=1S/C23H40N12O7/c24-13(9-12-10-29-11-32-12)18(38)33-14(3-1-7-30-22(25)26)19(39)34-15(4-2-8-31-23(27)28)20(40)35-16(21(41)42)5-6-17(36)37/h10-11,13-16H,1-9,24H2,(H,29,32)(H,33,38)(H,34,39)(H,35,40)(H,36,37)(H,41,42)(H4,25,26,30)(H4,27,28,31). The Morgan fingerprint density at radius 3 is 1.74 bits per heavy atom. The average Bonchev–Trinajstić information content (AvgIpc) is 3.41. The van der Waals surface area contributed by atoms with Gasteiger partial charge in [0.2, 0.25) is 17.7 Å². The Balaban J connectivity index is 3.08. The Bertz CT molecular complexity index is 1100. The quantitative estimate of drug-likeness (QED) is 0.0386. The van der Waals surface area contributed by atoms with Crippen LogP contribution in [-0.4, -0.2) is 99.0 Å². The molecule has 0 aliphatic rings. The molecule has 1 aromatic heterocycles. The van der Waals surface area contributed by atoms with Crippen molar-refractivity contribution in [3.05, 3.63) is 18.2 Å². The minimum Gasteiger partial charge on any atom is -0.481 e. The van der Waals surface area contributed by atoms with Crippen molar-refractivity contribution in [1.82, 2.24) is 25.9 Å². The molecule has 0 saturated carbocycles. The molecule has 0 spiro atoms. The second-order valence-corrected chi connectivity index (χ2v) is 9.24. The molecule has 4 unspecified atom stereocenters. The zero-order valence-corrected chi connectivity index (χ0v) is 23.0. The van der Waals surface area contributed by atoms with Gasteiger partial charge in [-0.3, -0.25) is 29.2 Å². The fourth-order valence-electron chi connectivity index (χ4n) is 3.62. The van der Waals surface area contributed by atoms with Crippen molar-refractivity contribution in [2.45, 2.75) is 69.1 Å². The fourth-order valence-corrected chi connectivity index (χ4v) is 3.62. The number of nitrogens with one attached hydrogen (secondary N) is 4. The summed E-state index contributed by atoms with van der Waals surface area (Å²) in [6.07, 6.45) is 2.65. The van der Waals surface area contributed by atoms with Gasteiger partial charge in [-0.15, -0.1) is 0 Å². The first-order valence-electron chi connectivity index (χ1n) is 13.0. The van der Waals surface area contributed by atoms with Gasteiger partial charge in [-0.1, -0.05) is 0 Å². The van der Waals surface area contributed by atoms with Crippen LogP contribution in [0.15, 0.2) is 22.5 Å². The lowest BCUT2D eigenvalue weighted by atomic mass is 10.1. The third kappa shape index (κ3) is 14.4. The van der Waals surface area contributed by atoms with Crippen molar-refractivity contribution in [3.8, 4) is 0 Å². The van der Waals surface area contributed by atoms with Gasteiger partial charge < -0.3 is 59.8 Å². The van der Waals surface area contributed by atoms with Gasteiger partial charge in [-0.05, 0) is 32.1 Å². The second kappa shape index (κ2) is 18.4. The number of hydrogen-bond acceptors (Lipinski definition) is 9. The third-order valence-electron chi connectivity index (χ3n) is 5.75. The summed E-state index contributed by atoms with van der Waals surface area (Å²) in [7, 11) is 0. The molecule has 42 heavy (non-hydrogen) atoms. The number of nitrogens with zero attached hydrogens (tertiary/aromatic N) is 3. The highest BCUT2D eigenvalue weighted by atomic mass is 16.4. The lowest BCUT2D eigenvalue weighted by Gasteiger charge is -2.25. The van der Waals surface area contributed by atoms with Gasteiger partial charge in [0.05, 0.1) is 12.4 Å². The van der Waals surface area contributed by atoms with Crippen molar-refractivity contribution < 1.29 is 34.2 Å². The highest BCUT2D eigenvalue weighted by Gasteiger charge is 2.30. The number of aromatic nitrogens is 2. The monoisotopic (exact) mass is 596 g/mol. The maximum absolute atomic E-state index is 13.3. The number of carbonyl (C=O) groups is 5. The molecule has 1 rings (SSSR count). The molecule has 0 aliphatic heterocycles. The number of aliphatic imine (C=N–C) groups is 2. The van der Waals surface area contributed by atoms with Crippen molar-refractivity contribution in [3.63, 3.8) is 0 Å². The number of guanidine groups is 2. The van der Waals surface area contributed by atoms with Crippen LogP contribution in [0.3, 0.4) is 0 Å². The summed E-state index contributed by atoms with van der Waals surface area (Å²) >= 11 is 0. The van der Waals surface area contributed by atoms with E-state index in [0.717, 1.165) is 0 Å². The number of rotatable bonds is 20. The smallest absolute Gasteiger partial charge is 0.326 e. The van der Waals surface area contributed by atoms with Gasteiger partial charge in [0.25, 0.3) is 0 Å². The van der Waals surface area contributed by atoms with Crippen LogP contribution in [0, 0.1) is 0 Å². The number of H-pyrrole nitrogens is 1. The number of hydrogen-bond donors (Lipinski definition) is 11. The van der Waals surface area contributed by atoms with E-state index in [0.29, 0.717) is 5.69 Å². The van der Waals surface area contributed by atoms with Crippen LogP contribution in [0.25, 0.3) is 0 Å². The summed E-state index contributed by atoms with van der Waals surface area (Å²) < 4.78 is 0. The van der Waals surface area contributed by atoms with Crippen molar-refractivity contribution in [2.75, 3.05) is 13.1 Å². The molecule has 0 aliphatic carbocycles. The van der Waals surface area contributed by atoms with Gasteiger partial charge in [0.1, 0.15) is 18.1 Å². The van der Waals surface area contributed by atoms with E-state index >= 15 is 0 Å². The molecule has 0 fully saturated rings. The maximum Gasteiger partial charge on any atom is 0.326 e. The molecule has 0 radical (unpaired) electrons. The predicted molar refractivity (Wildman–Crippen MR) is 150 cm³/mol. The molecule has 1 heterocycles. The van der Waals surface area contributed by atoms with E-state index in [4.69, 9.17) is 33.8 Å². The van der Waals surface area contributed by atoms with Crippen LogP contribution in [0.2, 0.25) is 0 Å². The second-order valence-electron chi connectivity index (χ2n) is 9.24. The maximum atomic E-state index is 13.3. The highest BCUT2D eigenvalue weighted by Crippen LogP contribution is 2.07. The van der Waals surface area contributed by atoms with Crippen LogP contribution in [0.5, 0.6) is 0 Å². The van der Waals surface area contributed by atoms with Gasteiger partial charge in [-0.2, -0.15) is 0 Å². The predicted octanol–water partition coefficient (Wildman–Crippen LogP) is -4.21. The molecule has 3 amide bonds.